The third kappa shape index (κ3) is 6.49. The number of benzene rings is 3. The van der Waals surface area contributed by atoms with Crippen molar-refractivity contribution in [1.29, 1.82) is 0 Å². The van der Waals surface area contributed by atoms with Crippen molar-refractivity contribution in [3.8, 4) is 5.75 Å². The first-order valence-electron chi connectivity index (χ1n) is 13.1. The van der Waals surface area contributed by atoms with E-state index in [1.165, 1.54) is 54.6 Å². The predicted molar refractivity (Wildman–Crippen MR) is 140 cm³/mol. The Labute approximate surface area is 205 Å². The second-order valence-electron chi connectivity index (χ2n) is 10.0. The van der Waals surface area contributed by atoms with E-state index in [1.807, 2.05) is 0 Å². The minimum atomic E-state index is 0.791. The van der Waals surface area contributed by atoms with Gasteiger partial charge in [0.2, 0.25) is 0 Å². The van der Waals surface area contributed by atoms with Gasteiger partial charge in [-0.15, -0.1) is 0 Å². The Morgan fingerprint density at radius 2 is 1.24 bits per heavy atom. The lowest BCUT2D eigenvalue weighted by molar-refractivity contribution is 0.157. The molecule has 0 aliphatic carbocycles. The third-order valence-electron chi connectivity index (χ3n) is 7.57. The maximum absolute atomic E-state index is 6.23. The van der Waals surface area contributed by atoms with Gasteiger partial charge in [-0.3, -0.25) is 9.80 Å². The maximum Gasteiger partial charge on any atom is 0.119 e. The Morgan fingerprint density at radius 3 is 1.88 bits per heavy atom. The quantitative estimate of drug-likeness (QED) is 0.417. The average Bonchev–Trinajstić information content (AvgIpc) is 3.08. The number of likely N-dealkylation sites (tertiary alicyclic amines) is 1. The SMILES string of the molecule is c1ccc(CN2CCc3ccc(OCCC4CCN(Cc5ccccc5)CC4)cc3CC2)cc1. The van der Waals surface area contributed by atoms with Crippen molar-refractivity contribution in [1.82, 2.24) is 9.80 Å². The minimum Gasteiger partial charge on any atom is -0.494 e. The summed E-state index contributed by atoms with van der Waals surface area (Å²) < 4.78 is 6.23. The van der Waals surface area contributed by atoms with Crippen LogP contribution in [0, 0.1) is 5.92 Å². The Bertz CT molecular complexity index is 1010. The molecule has 2 aliphatic heterocycles. The van der Waals surface area contributed by atoms with Crippen molar-refractivity contribution in [2.24, 2.45) is 5.92 Å². The molecule has 34 heavy (non-hydrogen) atoms. The van der Waals surface area contributed by atoms with Crippen LogP contribution in [-0.2, 0) is 25.9 Å². The van der Waals surface area contributed by atoms with Gasteiger partial charge < -0.3 is 4.74 Å². The van der Waals surface area contributed by atoms with Crippen LogP contribution in [0.25, 0.3) is 0 Å². The van der Waals surface area contributed by atoms with Gasteiger partial charge in [0, 0.05) is 26.2 Å². The Balaban J connectivity index is 1.05. The summed E-state index contributed by atoms with van der Waals surface area (Å²) in [6.07, 6.45) is 5.99. The second kappa shape index (κ2) is 11.7. The zero-order chi connectivity index (χ0) is 23.0. The van der Waals surface area contributed by atoms with Crippen molar-refractivity contribution in [2.45, 2.75) is 45.2 Å². The fourth-order valence-corrected chi connectivity index (χ4v) is 5.46. The van der Waals surface area contributed by atoms with Crippen molar-refractivity contribution in [3.63, 3.8) is 0 Å². The van der Waals surface area contributed by atoms with Gasteiger partial charge in [-0.05, 0) is 85.5 Å². The van der Waals surface area contributed by atoms with Crippen LogP contribution in [0.1, 0.15) is 41.5 Å². The fraction of sp³-hybridized carbons (Fsp3) is 0.419. The zero-order valence-electron chi connectivity index (χ0n) is 20.4. The summed E-state index contributed by atoms with van der Waals surface area (Å²) in [5.74, 6) is 1.84. The normalized spacial score (nSPS) is 17.8. The van der Waals surface area contributed by atoms with E-state index < -0.39 is 0 Å². The first-order valence-corrected chi connectivity index (χ1v) is 13.1. The number of piperidine rings is 1. The molecule has 3 aromatic carbocycles. The zero-order valence-corrected chi connectivity index (χ0v) is 20.4. The topological polar surface area (TPSA) is 15.7 Å². The summed E-state index contributed by atoms with van der Waals surface area (Å²) in [5, 5.41) is 0. The van der Waals surface area contributed by atoms with Crippen LogP contribution in [0.2, 0.25) is 0 Å². The lowest BCUT2D eigenvalue weighted by atomic mass is 9.93. The lowest BCUT2D eigenvalue weighted by Crippen LogP contribution is -2.33. The van der Waals surface area contributed by atoms with Gasteiger partial charge in [0.1, 0.15) is 5.75 Å². The van der Waals surface area contributed by atoms with Crippen molar-refractivity contribution < 1.29 is 4.74 Å². The van der Waals surface area contributed by atoms with Crippen LogP contribution in [0.4, 0.5) is 0 Å². The van der Waals surface area contributed by atoms with Crippen LogP contribution in [0.5, 0.6) is 5.75 Å². The Kier molecular flexibility index (Phi) is 7.95. The van der Waals surface area contributed by atoms with Crippen LogP contribution < -0.4 is 4.74 Å². The fourth-order valence-electron chi connectivity index (χ4n) is 5.46. The Hall–Kier alpha value is -2.62. The number of nitrogens with zero attached hydrogens (tertiary/aromatic N) is 2. The second-order valence-corrected chi connectivity index (χ2v) is 10.0. The highest BCUT2D eigenvalue weighted by Crippen LogP contribution is 2.25. The molecule has 3 heteroatoms. The summed E-state index contributed by atoms with van der Waals surface area (Å²) in [4.78, 5) is 5.18. The molecule has 2 heterocycles. The molecule has 2 aliphatic rings. The molecular weight excluding hydrogens is 416 g/mol. The molecule has 0 atom stereocenters. The van der Waals surface area contributed by atoms with Crippen molar-refractivity contribution in [3.05, 3.63) is 101 Å². The van der Waals surface area contributed by atoms with Gasteiger partial charge in [0.25, 0.3) is 0 Å². The van der Waals surface area contributed by atoms with Crippen LogP contribution >= 0.6 is 0 Å². The molecule has 3 nitrogen and oxygen atoms in total. The van der Waals surface area contributed by atoms with Crippen LogP contribution in [-0.4, -0.2) is 42.6 Å². The van der Waals surface area contributed by atoms with Gasteiger partial charge in [-0.1, -0.05) is 66.7 Å². The molecule has 0 unspecified atom stereocenters. The lowest BCUT2D eigenvalue weighted by Gasteiger charge is -2.32. The molecule has 0 aromatic heterocycles. The minimum absolute atomic E-state index is 0.791. The van der Waals surface area contributed by atoms with E-state index >= 15 is 0 Å². The van der Waals surface area contributed by atoms with Crippen LogP contribution in [0.3, 0.4) is 0 Å². The summed E-state index contributed by atoms with van der Waals surface area (Å²) in [6, 6.07) is 28.5. The first-order chi connectivity index (χ1) is 16.8. The van der Waals surface area contributed by atoms with Gasteiger partial charge in [0.15, 0.2) is 0 Å². The highest BCUT2D eigenvalue weighted by Gasteiger charge is 2.19. The summed E-state index contributed by atoms with van der Waals surface area (Å²) >= 11 is 0. The number of hydrogen-bond donors (Lipinski definition) is 0. The van der Waals surface area contributed by atoms with Crippen molar-refractivity contribution >= 4 is 0 Å². The molecule has 5 rings (SSSR count). The monoisotopic (exact) mass is 454 g/mol. The summed E-state index contributed by atoms with van der Waals surface area (Å²) in [7, 11) is 0. The molecule has 0 radical (unpaired) electrons. The largest absolute Gasteiger partial charge is 0.494 e. The van der Waals surface area contributed by atoms with E-state index in [1.54, 1.807) is 0 Å². The number of hydrogen-bond acceptors (Lipinski definition) is 3. The molecule has 0 amide bonds. The molecule has 1 fully saturated rings. The molecular formula is C31H38N2O. The molecule has 0 bridgehead atoms. The van der Waals surface area contributed by atoms with Crippen LogP contribution in [0.15, 0.2) is 78.9 Å². The standard InChI is InChI=1S/C31H38N2O/c1-3-7-27(8-4-1)24-32-18-13-26(14-19-32)17-22-34-31-12-11-29-15-20-33(21-16-30(29)23-31)25-28-9-5-2-6-10-28/h1-12,23,26H,13-22,24-25H2. The number of rotatable bonds is 8. The average molecular weight is 455 g/mol. The maximum atomic E-state index is 6.23. The van der Waals surface area contributed by atoms with E-state index in [0.717, 1.165) is 57.3 Å². The molecule has 1 saturated heterocycles. The summed E-state index contributed by atoms with van der Waals surface area (Å²) in [6.45, 7) is 7.63. The first kappa shape index (κ1) is 23.1. The van der Waals surface area contributed by atoms with E-state index in [2.05, 4.69) is 88.7 Å². The highest BCUT2D eigenvalue weighted by atomic mass is 16.5. The molecule has 0 saturated carbocycles. The van der Waals surface area contributed by atoms with E-state index in [-0.39, 0.29) is 0 Å². The number of ether oxygens (including phenoxy) is 1. The van der Waals surface area contributed by atoms with E-state index in [4.69, 9.17) is 4.74 Å². The highest BCUT2D eigenvalue weighted by molar-refractivity contribution is 5.37. The molecule has 3 aromatic rings. The number of fused-ring (bicyclic) bond motifs is 1. The molecule has 0 N–H and O–H groups in total. The molecule has 0 spiro atoms. The van der Waals surface area contributed by atoms with Gasteiger partial charge in [-0.25, -0.2) is 0 Å². The molecule has 178 valence electrons. The smallest absolute Gasteiger partial charge is 0.119 e. The predicted octanol–water partition coefficient (Wildman–Crippen LogP) is 5.97. The van der Waals surface area contributed by atoms with E-state index in [0.29, 0.717) is 0 Å². The van der Waals surface area contributed by atoms with Crippen molar-refractivity contribution in [2.75, 3.05) is 32.8 Å². The third-order valence-corrected chi connectivity index (χ3v) is 7.57. The summed E-state index contributed by atoms with van der Waals surface area (Å²) in [5.41, 5.74) is 5.80. The van der Waals surface area contributed by atoms with E-state index in [9.17, 15) is 0 Å². The van der Waals surface area contributed by atoms with Gasteiger partial charge in [-0.2, -0.15) is 0 Å². The Morgan fingerprint density at radius 1 is 0.647 bits per heavy atom. The van der Waals surface area contributed by atoms with Gasteiger partial charge >= 0.3 is 0 Å². The van der Waals surface area contributed by atoms with Gasteiger partial charge in [0.05, 0.1) is 6.61 Å².